The molecule has 0 saturated heterocycles. The van der Waals surface area contributed by atoms with E-state index in [1.54, 1.807) is 62.6 Å². The van der Waals surface area contributed by atoms with E-state index in [0.717, 1.165) is 4.47 Å². The summed E-state index contributed by atoms with van der Waals surface area (Å²) in [4.78, 5) is 12.5. The third kappa shape index (κ3) is 6.22. The molecule has 1 amide bonds. The van der Waals surface area contributed by atoms with Gasteiger partial charge in [0.15, 0.2) is 6.10 Å². The number of rotatable bonds is 8. The van der Waals surface area contributed by atoms with Gasteiger partial charge < -0.3 is 14.8 Å². The first-order chi connectivity index (χ1) is 14.8. The van der Waals surface area contributed by atoms with Gasteiger partial charge in [-0.3, -0.25) is 9.52 Å². The first-order valence-electron chi connectivity index (χ1n) is 9.27. The largest absolute Gasteiger partial charge is 0.497 e. The quantitative estimate of drug-likeness (QED) is 0.465. The normalized spacial score (nSPS) is 12.0. The third-order valence-corrected chi connectivity index (χ3v) is 6.18. The van der Waals surface area contributed by atoms with Crippen LogP contribution in [0.25, 0.3) is 0 Å². The van der Waals surface area contributed by atoms with Crippen LogP contribution in [0.15, 0.2) is 82.2 Å². The molecule has 0 radical (unpaired) electrons. The highest BCUT2D eigenvalue weighted by molar-refractivity contribution is 9.10. The van der Waals surface area contributed by atoms with E-state index in [4.69, 9.17) is 9.47 Å². The fourth-order valence-electron chi connectivity index (χ4n) is 2.63. The number of amides is 1. The zero-order chi connectivity index (χ0) is 22.4. The lowest BCUT2D eigenvalue weighted by molar-refractivity contribution is -0.122. The molecule has 0 fully saturated rings. The second-order valence-electron chi connectivity index (χ2n) is 6.57. The average Bonchev–Trinajstić information content (AvgIpc) is 2.75. The lowest BCUT2D eigenvalue weighted by Crippen LogP contribution is -2.30. The molecule has 9 heteroatoms. The maximum atomic E-state index is 12.5. The van der Waals surface area contributed by atoms with Crippen LogP contribution in [0.5, 0.6) is 11.5 Å². The molecule has 0 bridgehead atoms. The second-order valence-corrected chi connectivity index (χ2v) is 9.16. The molecule has 0 aliphatic rings. The highest BCUT2D eigenvalue weighted by Crippen LogP contribution is 2.22. The van der Waals surface area contributed by atoms with Crippen LogP contribution >= 0.6 is 15.9 Å². The minimum absolute atomic E-state index is 0.0779. The van der Waals surface area contributed by atoms with E-state index in [1.165, 1.54) is 24.3 Å². The molecule has 31 heavy (non-hydrogen) atoms. The van der Waals surface area contributed by atoms with E-state index >= 15 is 0 Å². The molecule has 0 unspecified atom stereocenters. The maximum absolute atomic E-state index is 12.5. The van der Waals surface area contributed by atoms with Gasteiger partial charge in [0.1, 0.15) is 11.5 Å². The van der Waals surface area contributed by atoms with Crippen molar-refractivity contribution < 1.29 is 22.7 Å². The van der Waals surface area contributed by atoms with Crippen molar-refractivity contribution in [3.8, 4) is 11.5 Å². The molecular weight excluding hydrogens is 484 g/mol. The molecule has 0 aromatic heterocycles. The van der Waals surface area contributed by atoms with Crippen molar-refractivity contribution in [3.05, 3.63) is 77.3 Å². The van der Waals surface area contributed by atoms with Crippen molar-refractivity contribution in [2.45, 2.75) is 17.9 Å². The van der Waals surface area contributed by atoms with Crippen LogP contribution < -0.4 is 19.5 Å². The number of methoxy groups -OCH3 is 1. The van der Waals surface area contributed by atoms with Gasteiger partial charge in [0.2, 0.25) is 0 Å². The van der Waals surface area contributed by atoms with Gasteiger partial charge in [0, 0.05) is 21.9 Å². The van der Waals surface area contributed by atoms with Crippen LogP contribution in [0.2, 0.25) is 0 Å². The molecule has 7 nitrogen and oxygen atoms in total. The minimum Gasteiger partial charge on any atom is -0.497 e. The Labute approximate surface area is 189 Å². The summed E-state index contributed by atoms with van der Waals surface area (Å²) in [6.45, 7) is 1.62. The lowest BCUT2D eigenvalue weighted by atomic mass is 10.3. The molecule has 0 heterocycles. The number of nitrogens with one attached hydrogen (secondary N) is 2. The Bertz CT molecular complexity index is 1150. The third-order valence-electron chi connectivity index (χ3n) is 4.25. The topological polar surface area (TPSA) is 93.7 Å². The SMILES string of the molecule is COc1cccc(O[C@@H](C)C(=O)Nc2ccc(S(=O)(=O)Nc3ccc(Br)cc3)cc2)c1. The van der Waals surface area contributed by atoms with Gasteiger partial charge in [-0.05, 0) is 67.6 Å². The summed E-state index contributed by atoms with van der Waals surface area (Å²) in [5.41, 5.74) is 0.901. The summed E-state index contributed by atoms with van der Waals surface area (Å²) in [6, 6.07) is 19.6. The van der Waals surface area contributed by atoms with Crippen molar-refractivity contribution in [1.82, 2.24) is 0 Å². The monoisotopic (exact) mass is 504 g/mol. The van der Waals surface area contributed by atoms with Crippen LogP contribution in [0.3, 0.4) is 0 Å². The molecule has 0 aliphatic carbocycles. The van der Waals surface area contributed by atoms with Crippen molar-refractivity contribution >= 4 is 43.2 Å². The molecule has 3 rings (SSSR count). The predicted octanol–water partition coefficient (Wildman–Crippen LogP) is 4.66. The number of carbonyl (C=O) groups excluding carboxylic acids is 1. The van der Waals surface area contributed by atoms with Crippen LogP contribution in [0.4, 0.5) is 11.4 Å². The fraction of sp³-hybridized carbons (Fsp3) is 0.136. The summed E-state index contributed by atoms with van der Waals surface area (Å²) in [5, 5.41) is 2.71. The first kappa shape index (κ1) is 22.6. The molecule has 3 aromatic carbocycles. The zero-order valence-electron chi connectivity index (χ0n) is 16.8. The molecule has 2 N–H and O–H groups in total. The standard InChI is InChI=1S/C22H21BrN2O5S/c1-15(30-20-5-3-4-19(14-20)29-2)22(26)24-17-10-12-21(13-11-17)31(27,28)25-18-8-6-16(23)7-9-18/h3-15,25H,1-2H3,(H,24,26)/t15-/m0/s1. The summed E-state index contributed by atoms with van der Waals surface area (Å²) >= 11 is 3.31. The van der Waals surface area contributed by atoms with Crippen LogP contribution in [-0.2, 0) is 14.8 Å². The molecule has 162 valence electrons. The lowest BCUT2D eigenvalue weighted by Gasteiger charge is -2.15. The molecular formula is C22H21BrN2O5S. The van der Waals surface area contributed by atoms with Gasteiger partial charge in [-0.15, -0.1) is 0 Å². The number of hydrogen-bond donors (Lipinski definition) is 2. The highest BCUT2D eigenvalue weighted by atomic mass is 79.9. The van der Waals surface area contributed by atoms with Crippen LogP contribution in [0.1, 0.15) is 6.92 Å². The van der Waals surface area contributed by atoms with E-state index in [2.05, 4.69) is 26.0 Å². The molecule has 0 spiro atoms. The van der Waals surface area contributed by atoms with Gasteiger partial charge in [-0.25, -0.2) is 8.42 Å². The minimum atomic E-state index is -3.75. The predicted molar refractivity (Wildman–Crippen MR) is 123 cm³/mol. The first-order valence-corrected chi connectivity index (χ1v) is 11.5. The average molecular weight is 505 g/mol. The van der Waals surface area contributed by atoms with E-state index in [1.807, 2.05) is 0 Å². The highest BCUT2D eigenvalue weighted by Gasteiger charge is 2.17. The number of benzene rings is 3. The van der Waals surface area contributed by atoms with Crippen molar-refractivity contribution in [2.24, 2.45) is 0 Å². The van der Waals surface area contributed by atoms with Crippen molar-refractivity contribution in [3.63, 3.8) is 0 Å². The van der Waals surface area contributed by atoms with Crippen LogP contribution in [0, 0.1) is 0 Å². The smallest absolute Gasteiger partial charge is 0.265 e. The summed E-state index contributed by atoms with van der Waals surface area (Å²) in [7, 11) is -2.20. The molecule has 0 aliphatic heterocycles. The number of halogens is 1. The summed E-state index contributed by atoms with van der Waals surface area (Å²) < 4.78 is 39.2. The maximum Gasteiger partial charge on any atom is 0.265 e. The second kappa shape index (κ2) is 9.84. The Kier molecular flexibility index (Phi) is 7.19. The van der Waals surface area contributed by atoms with Gasteiger partial charge in [-0.2, -0.15) is 0 Å². The number of ether oxygens (including phenoxy) is 2. The Morgan fingerprint density at radius 1 is 0.935 bits per heavy atom. The van der Waals surface area contributed by atoms with Gasteiger partial charge in [0.25, 0.3) is 15.9 Å². The van der Waals surface area contributed by atoms with Crippen LogP contribution in [-0.4, -0.2) is 27.5 Å². The van der Waals surface area contributed by atoms with Crippen molar-refractivity contribution in [2.75, 3.05) is 17.1 Å². The summed E-state index contributed by atoms with van der Waals surface area (Å²) in [5.74, 6) is 0.757. The Balaban J connectivity index is 1.62. The number of hydrogen-bond acceptors (Lipinski definition) is 5. The van der Waals surface area contributed by atoms with Gasteiger partial charge >= 0.3 is 0 Å². The molecule has 1 atom stereocenters. The molecule has 3 aromatic rings. The summed E-state index contributed by atoms with van der Waals surface area (Å²) in [6.07, 6.45) is -0.769. The number of carbonyl (C=O) groups is 1. The van der Waals surface area contributed by atoms with Gasteiger partial charge in [-0.1, -0.05) is 22.0 Å². The van der Waals surface area contributed by atoms with E-state index in [-0.39, 0.29) is 10.8 Å². The Hall–Kier alpha value is -3.04. The van der Waals surface area contributed by atoms with Crippen molar-refractivity contribution in [1.29, 1.82) is 0 Å². The zero-order valence-corrected chi connectivity index (χ0v) is 19.2. The van der Waals surface area contributed by atoms with E-state index in [9.17, 15) is 13.2 Å². The van der Waals surface area contributed by atoms with E-state index < -0.39 is 16.1 Å². The number of anilines is 2. The van der Waals surface area contributed by atoms with Gasteiger partial charge in [0.05, 0.1) is 12.0 Å². The Morgan fingerprint density at radius 3 is 2.19 bits per heavy atom. The van der Waals surface area contributed by atoms with E-state index in [0.29, 0.717) is 22.9 Å². The fourth-order valence-corrected chi connectivity index (χ4v) is 3.95. The molecule has 0 saturated carbocycles. The Morgan fingerprint density at radius 2 is 1.55 bits per heavy atom. The number of sulfonamides is 1.